The lowest BCUT2D eigenvalue weighted by atomic mass is 9.78. The summed E-state index contributed by atoms with van der Waals surface area (Å²) in [4.78, 5) is 21.9. The highest BCUT2D eigenvalue weighted by molar-refractivity contribution is 5.98. The summed E-state index contributed by atoms with van der Waals surface area (Å²) in [6.07, 6.45) is 2.82. The second-order valence-electron chi connectivity index (χ2n) is 4.80. The van der Waals surface area contributed by atoms with Crippen molar-refractivity contribution in [3.8, 4) is 5.75 Å². The minimum atomic E-state index is -0.711. The standard InChI is InChI=1S/C12H14N2O4/c1-12(6-3-7-12)13-11(16)8-4-2-5-9(10(8)15)14(17)18/h2,4-5,15H,3,6-7H2,1H3,(H,13,16). The summed E-state index contributed by atoms with van der Waals surface area (Å²) in [5, 5.41) is 23.2. The van der Waals surface area contributed by atoms with E-state index in [9.17, 15) is 20.0 Å². The van der Waals surface area contributed by atoms with Crippen molar-refractivity contribution in [3.05, 3.63) is 33.9 Å². The van der Waals surface area contributed by atoms with Crippen molar-refractivity contribution in [2.45, 2.75) is 31.7 Å². The SMILES string of the molecule is CC1(NC(=O)c2cccc([N+](=O)[O-])c2O)CCC1. The molecule has 2 rings (SSSR count). The van der Waals surface area contributed by atoms with E-state index in [1.165, 1.54) is 12.1 Å². The molecule has 0 saturated heterocycles. The smallest absolute Gasteiger partial charge is 0.311 e. The highest BCUT2D eigenvalue weighted by Crippen LogP contribution is 2.33. The van der Waals surface area contributed by atoms with Crippen LogP contribution in [0.5, 0.6) is 5.75 Å². The molecule has 0 heterocycles. The molecule has 1 amide bonds. The Balaban J connectivity index is 2.25. The fourth-order valence-corrected chi connectivity index (χ4v) is 2.04. The summed E-state index contributed by atoms with van der Waals surface area (Å²) < 4.78 is 0. The number of nitrogens with one attached hydrogen (secondary N) is 1. The molecule has 0 aromatic heterocycles. The zero-order valence-electron chi connectivity index (χ0n) is 9.97. The Morgan fingerprint density at radius 3 is 2.67 bits per heavy atom. The molecule has 2 N–H and O–H groups in total. The quantitative estimate of drug-likeness (QED) is 0.633. The van der Waals surface area contributed by atoms with Crippen LogP contribution in [0.3, 0.4) is 0 Å². The number of aromatic hydroxyl groups is 1. The summed E-state index contributed by atoms with van der Waals surface area (Å²) in [5.74, 6) is -1.05. The summed E-state index contributed by atoms with van der Waals surface area (Å²) >= 11 is 0. The second-order valence-corrected chi connectivity index (χ2v) is 4.80. The predicted molar refractivity (Wildman–Crippen MR) is 64.5 cm³/mol. The Bertz CT molecular complexity index is 509. The van der Waals surface area contributed by atoms with E-state index < -0.39 is 22.3 Å². The maximum atomic E-state index is 12.0. The number of hydrogen-bond acceptors (Lipinski definition) is 4. The molecule has 0 aliphatic heterocycles. The monoisotopic (exact) mass is 250 g/mol. The molecule has 1 aliphatic carbocycles. The third kappa shape index (κ3) is 2.13. The number of phenolic OH excluding ortho intramolecular Hbond substituents is 1. The molecular weight excluding hydrogens is 236 g/mol. The highest BCUT2D eigenvalue weighted by Gasteiger charge is 2.34. The topological polar surface area (TPSA) is 92.5 Å². The van der Waals surface area contributed by atoms with Crippen molar-refractivity contribution in [2.24, 2.45) is 0 Å². The number of nitro groups is 1. The average Bonchev–Trinajstić information content (AvgIpc) is 2.26. The third-order valence-corrected chi connectivity index (χ3v) is 3.33. The van der Waals surface area contributed by atoms with Gasteiger partial charge < -0.3 is 10.4 Å². The van der Waals surface area contributed by atoms with Gasteiger partial charge in [-0.15, -0.1) is 0 Å². The van der Waals surface area contributed by atoms with Gasteiger partial charge in [-0.05, 0) is 32.3 Å². The Labute approximate surface area is 104 Å². The largest absolute Gasteiger partial charge is 0.502 e. The molecule has 96 valence electrons. The van der Waals surface area contributed by atoms with Crippen LogP contribution in [0.2, 0.25) is 0 Å². The number of phenols is 1. The van der Waals surface area contributed by atoms with E-state index in [0.717, 1.165) is 25.3 Å². The summed E-state index contributed by atoms with van der Waals surface area (Å²) in [7, 11) is 0. The molecule has 1 fully saturated rings. The van der Waals surface area contributed by atoms with Crippen LogP contribution in [0.15, 0.2) is 18.2 Å². The second kappa shape index (κ2) is 4.29. The van der Waals surface area contributed by atoms with Crippen molar-refractivity contribution in [1.82, 2.24) is 5.32 Å². The lowest BCUT2D eigenvalue weighted by Crippen LogP contribution is -2.50. The van der Waals surface area contributed by atoms with Crippen LogP contribution in [0.1, 0.15) is 36.5 Å². The fraction of sp³-hybridized carbons (Fsp3) is 0.417. The van der Waals surface area contributed by atoms with E-state index in [2.05, 4.69) is 5.32 Å². The molecule has 1 aromatic rings. The first kappa shape index (κ1) is 12.3. The number of rotatable bonds is 3. The molecule has 1 aliphatic rings. The lowest BCUT2D eigenvalue weighted by Gasteiger charge is -2.39. The Kier molecular flexibility index (Phi) is 2.94. The maximum Gasteiger partial charge on any atom is 0.311 e. The molecular formula is C12H14N2O4. The van der Waals surface area contributed by atoms with E-state index in [-0.39, 0.29) is 11.1 Å². The minimum Gasteiger partial charge on any atom is -0.502 e. The molecule has 0 atom stereocenters. The van der Waals surface area contributed by atoms with Crippen LogP contribution < -0.4 is 5.32 Å². The van der Waals surface area contributed by atoms with Gasteiger partial charge >= 0.3 is 5.69 Å². The number of nitro benzene ring substituents is 1. The molecule has 0 bridgehead atoms. The van der Waals surface area contributed by atoms with Crippen LogP contribution >= 0.6 is 0 Å². The van der Waals surface area contributed by atoms with Gasteiger partial charge in [0, 0.05) is 11.6 Å². The van der Waals surface area contributed by atoms with E-state index in [0.29, 0.717) is 0 Å². The molecule has 18 heavy (non-hydrogen) atoms. The zero-order valence-corrected chi connectivity index (χ0v) is 9.97. The van der Waals surface area contributed by atoms with E-state index in [1.807, 2.05) is 6.92 Å². The highest BCUT2D eigenvalue weighted by atomic mass is 16.6. The van der Waals surface area contributed by atoms with Crippen molar-refractivity contribution in [2.75, 3.05) is 0 Å². The van der Waals surface area contributed by atoms with Crippen molar-refractivity contribution in [1.29, 1.82) is 0 Å². The van der Waals surface area contributed by atoms with Crippen LogP contribution in [0, 0.1) is 10.1 Å². The number of hydrogen-bond donors (Lipinski definition) is 2. The van der Waals surface area contributed by atoms with Gasteiger partial charge in [0.15, 0.2) is 0 Å². The summed E-state index contributed by atoms with van der Waals surface area (Å²) in [6.45, 7) is 1.92. The first-order valence-corrected chi connectivity index (χ1v) is 5.72. The minimum absolute atomic E-state index is 0.0580. The van der Waals surface area contributed by atoms with Gasteiger partial charge in [-0.25, -0.2) is 0 Å². The van der Waals surface area contributed by atoms with Gasteiger partial charge in [-0.1, -0.05) is 6.07 Å². The van der Waals surface area contributed by atoms with Crippen molar-refractivity contribution >= 4 is 11.6 Å². The molecule has 6 heteroatoms. The van der Waals surface area contributed by atoms with Gasteiger partial charge in [0.05, 0.1) is 10.5 Å². The third-order valence-electron chi connectivity index (χ3n) is 3.33. The molecule has 1 aromatic carbocycles. The number of carbonyl (C=O) groups excluding carboxylic acids is 1. The summed E-state index contributed by atoms with van der Waals surface area (Å²) in [6, 6.07) is 3.92. The normalized spacial score (nSPS) is 16.7. The molecule has 1 saturated carbocycles. The number of carbonyl (C=O) groups is 1. The molecule has 0 spiro atoms. The predicted octanol–water partition coefficient (Wildman–Crippen LogP) is 1.97. The first-order chi connectivity index (χ1) is 8.43. The summed E-state index contributed by atoms with van der Waals surface area (Å²) in [5.41, 5.74) is -0.771. The van der Waals surface area contributed by atoms with Crippen LogP contribution in [-0.4, -0.2) is 21.5 Å². The van der Waals surface area contributed by atoms with Gasteiger partial charge in [0.1, 0.15) is 0 Å². The maximum absolute atomic E-state index is 12.0. The molecule has 0 radical (unpaired) electrons. The Morgan fingerprint density at radius 2 is 2.17 bits per heavy atom. The van der Waals surface area contributed by atoms with Crippen molar-refractivity contribution < 1.29 is 14.8 Å². The number of nitrogens with zero attached hydrogens (tertiary/aromatic N) is 1. The van der Waals surface area contributed by atoms with Crippen molar-refractivity contribution in [3.63, 3.8) is 0 Å². The van der Waals surface area contributed by atoms with Gasteiger partial charge in [0.2, 0.25) is 5.75 Å². The van der Waals surface area contributed by atoms with Crippen LogP contribution in [0.25, 0.3) is 0 Å². The van der Waals surface area contributed by atoms with Gasteiger partial charge in [-0.2, -0.15) is 0 Å². The zero-order chi connectivity index (χ0) is 13.3. The number of benzene rings is 1. The Hall–Kier alpha value is -2.11. The van der Waals surface area contributed by atoms with E-state index >= 15 is 0 Å². The fourth-order valence-electron chi connectivity index (χ4n) is 2.04. The first-order valence-electron chi connectivity index (χ1n) is 5.72. The Morgan fingerprint density at radius 1 is 1.50 bits per heavy atom. The van der Waals surface area contributed by atoms with Gasteiger partial charge in [0.25, 0.3) is 5.91 Å². The molecule has 6 nitrogen and oxygen atoms in total. The average molecular weight is 250 g/mol. The number of para-hydroxylation sites is 1. The lowest BCUT2D eigenvalue weighted by molar-refractivity contribution is -0.385. The molecule has 0 unspecified atom stereocenters. The van der Waals surface area contributed by atoms with Gasteiger partial charge in [-0.3, -0.25) is 14.9 Å². The van der Waals surface area contributed by atoms with Crippen LogP contribution in [0.4, 0.5) is 5.69 Å². The van der Waals surface area contributed by atoms with Crippen LogP contribution in [-0.2, 0) is 0 Å². The van der Waals surface area contributed by atoms with E-state index in [4.69, 9.17) is 0 Å². The van der Waals surface area contributed by atoms with E-state index in [1.54, 1.807) is 0 Å². The number of amides is 1.